The number of amides is 3. The first kappa shape index (κ1) is 13.3. The molecule has 0 aromatic carbocycles. The lowest BCUT2D eigenvalue weighted by molar-refractivity contribution is -0.131. The number of carbonyl (C=O) groups is 2. The zero-order valence-corrected chi connectivity index (χ0v) is 12.0. The van der Waals surface area contributed by atoms with Crippen LogP contribution < -0.4 is 5.32 Å². The lowest BCUT2D eigenvalue weighted by Gasteiger charge is -2.18. The van der Waals surface area contributed by atoms with Crippen LogP contribution in [0.1, 0.15) is 25.6 Å². The highest BCUT2D eigenvalue weighted by Crippen LogP contribution is 2.33. The van der Waals surface area contributed by atoms with Gasteiger partial charge in [0.2, 0.25) is 0 Å². The van der Waals surface area contributed by atoms with Crippen LogP contribution in [0.4, 0.5) is 4.79 Å². The second-order valence-electron chi connectivity index (χ2n) is 5.02. The van der Waals surface area contributed by atoms with Gasteiger partial charge in [-0.2, -0.15) is 11.8 Å². The van der Waals surface area contributed by atoms with Crippen LogP contribution in [0.3, 0.4) is 0 Å². The number of nitrogens with one attached hydrogen (secondary N) is 1. The lowest BCUT2D eigenvalue weighted by Crippen LogP contribution is -2.47. The first-order valence-electron chi connectivity index (χ1n) is 6.63. The van der Waals surface area contributed by atoms with Gasteiger partial charge < -0.3 is 5.32 Å². The van der Waals surface area contributed by atoms with Crippen LogP contribution in [0, 0.1) is 0 Å². The van der Waals surface area contributed by atoms with Gasteiger partial charge >= 0.3 is 6.03 Å². The van der Waals surface area contributed by atoms with Gasteiger partial charge in [-0.05, 0) is 29.0 Å². The Hall–Kier alpha value is -1.64. The Morgan fingerprint density at radius 3 is 3.00 bits per heavy atom. The van der Waals surface area contributed by atoms with E-state index >= 15 is 0 Å². The molecule has 20 heavy (non-hydrogen) atoms. The van der Waals surface area contributed by atoms with Gasteiger partial charge in [-0.1, -0.05) is 6.92 Å². The van der Waals surface area contributed by atoms with Crippen molar-refractivity contribution >= 4 is 23.7 Å². The molecule has 1 spiro atoms. The van der Waals surface area contributed by atoms with Crippen LogP contribution in [0.25, 0.3) is 0 Å². The van der Waals surface area contributed by atoms with E-state index in [1.165, 1.54) is 4.90 Å². The predicted molar refractivity (Wildman–Crippen MR) is 71.9 cm³/mol. The molecule has 1 aromatic rings. The molecular formula is C11H16N6O2S. The zero-order valence-electron chi connectivity index (χ0n) is 11.2. The minimum absolute atomic E-state index is 0.129. The number of tetrazole rings is 1. The number of nitrogens with zero attached hydrogens (tertiary/aromatic N) is 5. The van der Waals surface area contributed by atoms with Crippen molar-refractivity contribution in [2.75, 3.05) is 11.5 Å². The van der Waals surface area contributed by atoms with E-state index in [1.54, 1.807) is 16.4 Å². The van der Waals surface area contributed by atoms with Crippen molar-refractivity contribution in [3.8, 4) is 0 Å². The summed E-state index contributed by atoms with van der Waals surface area (Å²) in [4.78, 5) is 25.8. The highest BCUT2D eigenvalue weighted by atomic mass is 32.2. The molecule has 0 aliphatic carbocycles. The second kappa shape index (κ2) is 5.04. The van der Waals surface area contributed by atoms with Crippen LogP contribution in [-0.4, -0.2) is 54.1 Å². The summed E-state index contributed by atoms with van der Waals surface area (Å²) < 4.78 is 1.63. The summed E-state index contributed by atoms with van der Waals surface area (Å²) in [5, 5.41) is 14.2. The van der Waals surface area contributed by atoms with Crippen LogP contribution in [-0.2, 0) is 17.9 Å². The molecule has 2 aliphatic heterocycles. The molecule has 3 rings (SSSR count). The lowest BCUT2D eigenvalue weighted by atomic mass is 9.99. The van der Waals surface area contributed by atoms with E-state index in [2.05, 4.69) is 20.8 Å². The molecule has 0 saturated carbocycles. The van der Waals surface area contributed by atoms with Gasteiger partial charge in [0, 0.05) is 12.3 Å². The summed E-state index contributed by atoms with van der Waals surface area (Å²) >= 11 is 1.69. The topological polar surface area (TPSA) is 93.0 Å². The van der Waals surface area contributed by atoms with Crippen LogP contribution in [0.2, 0.25) is 0 Å². The molecule has 3 heterocycles. The summed E-state index contributed by atoms with van der Waals surface area (Å²) in [5.74, 6) is 1.93. The molecular weight excluding hydrogens is 280 g/mol. The van der Waals surface area contributed by atoms with E-state index in [0.29, 0.717) is 24.5 Å². The summed E-state index contributed by atoms with van der Waals surface area (Å²) in [5.41, 5.74) is -0.704. The van der Waals surface area contributed by atoms with E-state index < -0.39 is 5.54 Å². The van der Waals surface area contributed by atoms with Gasteiger partial charge in [-0.3, -0.25) is 9.69 Å². The van der Waals surface area contributed by atoms with Gasteiger partial charge in [-0.15, -0.1) is 5.10 Å². The Labute approximate surface area is 120 Å². The summed E-state index contributed by atoms with van der Waals surface area (Å²) in [6.45, 7) is 2.82. The van der Waals surface area contributed by atoms with Crippen molar-refractivity contribution in [1.82, 2.24) is 30.4 Å². The average Bonchev–Trinajstić information content (AvgIpc) is 3.10. The molecule has 108 valence electrons. The Morgan fingerprint density at radius 2 is 2.30 bits per heavy atom. The van der Waals surface area contributed by atoms with Crippen molar-refractivity contribution in [2.24, 2.45) is 0 Å². The van der Waals surface area contributed by atoms with Crippen molar-refractivity contribution in [1.29, 1.82) is 0 Å². The van der Waals surface area contributed by atoms with Crippen molar-refractivity contribution in [2.45, 2.75) is 38.4 Å². The fourth-order valence-electron chi connectivity index (χ4n) is 2.52. The third-order valence-corrected chi connectivity index (χ3v) is 4.80. The number of hydrogen-bond acceptors (Lipinski definition) is 6. The molecule has 1 N–H and O–H groups in total. The molecule has 1 aromatic heterocycles. The maximum Gasteiger partial charge on any atom is 0.325 e. The highest BCUT2D eigenvalue weighted by Gasteiger charge is 2.53. The first-order chi connectivity index (χ1) is 9.66. The smallest absolute Gasteiger partial charge is 0.322 e. The third kappa shape index (κ3) is 2.05. The fourth-order valence-corrected chi connectivity index (χ4v) is 3.84. The third-order valence-electron chi connectivity index (χ3n) is 3.61. The zero-order chi connectivity index (χ0) is 14.2. The Bertz CT molecular complexity index is 539. The highest BCUT2D eigenvalue weighted by molar-refractivity contribution is 7.99. The molecule has 3 amide bonds. The summed E-state index contributed by atoms with van der Waals surface area (Å²) in [7, 11) is 0. The minimum atomic E-state index is -0.704. The Morgan fingerprint density at radius 1 is 1.45 bits per heavy atom. The van der Waals surface area contributed by atoms with Gasteiger partial charge in [0.15, 0.2) is 5.82 Å². The normalized spacial score (nSPS) is 25.8. The molecule has 9 heteroatoms. The van der Waals surface area contributed by atoms with E-state index in [1.807, 2.05) is 6.92 Å². The van der Waals surface area contributed by atoms with Gasteiger partial charge in [0.1, 0.15) is 5.54 Å². The Kier molecular flexibility index (Phi) is 3.36. The maximum absolute atomic E-state index is 12.5. The fraction of sp³-hybridized carbons (Fsp3) is 0.727. The number of imide groups is 1. The molecule has 0 bridgehead atoms. The van der Waals surface area contributed by atoms with Gasteiger partial charge in [0.25, 0.3) is 5.91 Å². The molecule has 1 atom stereocenters. The quantitative estimate of drug-likeness (QED) is 0.787. The minimum Gasteiger partial charge on any atom is -0.322 e. The monoisotopic (exact) mass is 296 g/mol. The summed E-state index contributed by atoms with van der Waals surface area (Å²) in [6, 6.07) is -0.344. The van der Waals surface area contributed by atoms with Crippen LogP contribution >= 0.6 is 11.8 Å². The van der Waals surface area contributed by atoms with Crippen LogP contribution in [0.5, 0.6) is 0 Å². The number of rotatable bonds is 4. The number of thioether (sulfide) groups is 1. The number of carbonyl (C=O) groups excluding carboxylic acids is 2. The molecule has 8 nitrogen and oxygen atoms in total. The molecule has 2 saturated heterocycles. The van der Waals surface area contributed by atoms with E-state index in [-0.39, 0.29) is 18.5 Å². The Balaban J connectivity index is 1.79. The van der Waals surface area contributed by atoms with Crippen molar-refractivity contribution in [3.05, 3.63) is 5.82 Å². The van der Waals surface area contributed by atoms with Gasteiger partial charge in [-0.25, -0.2) is 9.48 Å². The SMILES string of the molecule is CCCn1nnnc1CN1C(=O)N[C@]2(CCSC2)C1=O. The molecule has 0 radical (unpaired) electrons. The average molecular weight is 296 g/mol. The van der Waals surface area contributed by atoms with Crippen molar-refractivity contribution in [3.63, 3.8) is 0 Å². The number of aryl methyl sites for hydroxylation is 1. The summed E-state index contributed by atoms with van der Waals surface area (Å²) in [6.07, 6.45) is 1.58. The standard InChI is InChI=1S/C11H16N6O2S/c1-2-4-17-8(13-14-15-17)6-16-9(18)11(12-10(16)19)3-5-20-7-11/h2-7H2,1H3,(H,12,19)/t11-/m0/s1. The maximum atomic E-state index is 12.5. The number of aromatic nitrogens is 4. The van der Waals surface area contributed by atoms with Crippen LogP contribution in [0.15, 0.2) is 0 Å². The van der Waals surface area contributed by atoms with Crippen molar-refractivity contribution < 1.29 is 9.59 Å². The van der Waals surface area contributed by atoms with E-state index in [9.17, 15) is 9.59 Å². The molecule has 2 aliphatic rings. The molecule has 0 unspecified atom stereocenters. The van der Waals surface area contributed by atoms with E-state index in [0.717, 1.165) is 12.2 Å². The van der Waals surface area contributed by atoms with Gasteiger partial charge in [0.05, 0.1) is 6.54 Å². The predicted octanol–water partition coefficient (Wildman–Crippen LogP) is 0.0106. The number of hydrogen-bond donors (Lipinski definition) is 1. The first-order valence-corrected chi connectivity index (χ1v) is 7.78. The number of urea groups is 1. The van der Waals surface area contributed by atoms with E-state index in [4.69, 9.17) is 0 Å². The molecule has 2 fully saturated rings. The second-order valence-corrected chi connectivity index (χ2v) is 6.13. The largest absolute Gasteiger partial charge is 0.325 e.